The number of carbonyl (C=O) groups is 4. The summed E-state index contributed by atoms with van der Waals surface area (Å²) in [6.07, 6.45) is -0.171. The molecule has 0 radical (unpaired) electrons. The zero-order chi connectivity index (χ0) is 22.8. The van der Waals surface area contributed by atoms with Crippen LogP contribution in [0.15, 0.2) is 42.5 Å². The van der Waals surface area contributed by atoms with E-state index in [1.54, 1.807) is 23.5 Å². The number of rotatable bonds is 4. The highest BCUT2D eigenvalue weighted by Crippen LogP contribution is 2.51. The summed E-state index contributed by atoms with van der Waals surface area (Å²) in [5, 5.41) is 4.69. The number of hydrogen-bond donors (Lipinski definition) is 3. The molecule has 2 aromatic carbocycles. The summed E-state index contributed by atoms with van der Waals surface area (Å²) in [5.74, 6) is -4.47. The van der Waals surface area contributed by atoms with Gasteiger partial charge in [0.05, 0.1) is 23.7 Å². The Hall–Kier alpha value is -3.30. The van der Waals surface area contributed by atoms with Gasteiger partial charge in [-0.05, 0) is 29.8 Å². The number of nitrogens with two attached hydrogens (primary N) is 2. The number of fused-ring (bicyclic) bond motifs is 4. The quantitative estimate of drug-likeness (QED) is 0.569. The van der Waals surface area contributed by atoms with Gasteiger partial charge in [0.15, 0.2) is 0 Å². The van der Waals surface area contributed by atoms with Crippen LogP contribution >= 0.6 is 11.6 Å². The Bertz CT molecular complexity index is 1190. The first kappa shape index (κ1) is 20.6. The SMILES string of the molecule is NC(=O)C[C@H]1[NH2+][C@]2(C(=O)Nc3c(Cl)cccc32)[C@@H]2C(=O)N(Cc3ccc(F)cc3)C(=O)[C@@H]21. The van der Waals surface area contributed by atoms with Crippen molar-refractivity contribution in [1.82, 2.24) is 4.90 Å². The van der Waals surface area contributed by atoms with Gasteiger partial charge in [0, 0.05) is 5.56 Å². The number of halogens is 2. The summed E-state index contributed by atoms with van der Waals surface area (Å²) in [4.78, 5) is 53.1. The van der Waals surface area contributed by atoms with Crippen molar-refractivity contribution in [3.63, 3.8) is 0 Å². The molecule has 10 heteroatoms. The Balaban J connectivity index is 1.60. The topological polar surface area (TPSA) is 126 Å². The number of hydrogen-bond acceptors (Lipinski definition) is 4. The van der Waals surface area contributed by atoms with E-state index in [9.17, 15) is 23.6 Å². The fourth-order valence-electron chi connectivity index (χ4n) is 5.36. The Morgan fingerprint density at radius 1 is 1.16 bits per heavy atom. The zero-order valence-electron chi connectivity index (χ0n) is 16.7. The molecule has 4 atom stereocenters. The molecule has 2 aromatic rings. The number of likely N-dealkylation sites (tertiary alicyclic amines) is 1. The van der Waals surface area contributed by atoms with Crippen LogP contribution in [0.1, 0.15) is 17.5 Å². The van der Waals surface area contributed by atoms with Gasteiger partial charge in [-0.15, -0.1) is 0 Å². The third-order valence-electron chi connectivity index (χ3n) is 6.64. The lowest BCUT2D eigenvalue weighted by Crippen LogP contribution is -2.99. The number of para-hydroxylation sites is 1. The molecule has 3 aliphatic heterocycles. The van der Waals surface area contributed by atoms with Gasteiger partial charge < -0.3 is 16.4 Å². The highest BCUT2D eigenvalue weighted by molar-refractivity contribution is 6.35. The second-order valence-corrected chi connectivity index (χ2v) is 8.79. The molecule has 0 aromatic heterocycles. The van der Waals surface area contributed by atoms with Crippen LogP contribution in [-0.2, 0) is 31.3 Å². The molecule has 4 amide bonds. The van der Waals surface area contributed by atoms with E-state index < -0.39 is 52.9 Å². The second kappa shape index (κ2) is 7.11. The van der Waals surface area contributed by atoms with E-state index in [-0.39, 0.29) is 13.0 Å². The smallest absolute Gasteiger partial charge is 0.291 e. The molecule has 2 saturated heterocycles. The van der Waals surface area contributed by atoms with Crippen molar-refractivity contribution in [2.75, 3.05) is 5.32 Å². The molecule has 164 valence electrons. The molecule has 0 saturated carbocycles. The van der Waals surface area contributed by atoms with Gasteiger partial charge in [-0.2, -0.15) is 0 Å². The average molecular weight is 458 g/mol. The number of benzene rings is 2. The van der Waals surface area contributed by atoms with Gasteiger partial charge in [-0.3, -0.25) is 24.1 Å². The molecular formula is C22H19ClFN4O4+. The van der Waals surface area contributed by atoms with Crippen molar-refractivity contribution in [2.45, 2.75) is 24.5 Å². The maximum Gasteiger partial charge on any atom is 0.291 e. The number of anilines is 1. The lowest BCUT2D eigenvalue weighted by atomic mass is 9.76. The molecule has 32 heavy (non-hydrogen) atoms. The molecule has 0 unspecified atom stereocenters. The molecule has 3 aliphatic rings. The molecule has 8 nitrogen and oxygen atoms in total. The van der Waals surface area contributed by atoms with E-state index in [1.807, 2.05) is 0 Å². The first-order valence-electron chi connectivity index (χ1n) is 10.1. The molecule has 5 rings (SSSR count). The maximum atomic E-state index is 13.6. The zero-order valence-corrected chi connectivity index (χ0v) is 17.4. The van der Waals surface area contributed by atoms with Gasteiger partial charge in [0.25, 0.3) is 5.91 Å². The highest BCUT2D eigenvalue weighted by Gasteiger charge is 2.74. The first-order chi connectivity index (χ1) is 15.2. The van der Waals surface area contributed by atoms with Crippen LogP contribution < -0.4 is 16.4 Å². The van der Waals surface area contributed by atoms with Crippen LogP contribution in [0.5, 0.6) is 0 Å². The first-order valence-corrected chi connectivity index (χ1v) is 10.5. The lowest BCUT2D eigenvalue weighted by molar-refractivity contribution is -0.732. The number of primary amides is 1. The van der Waals surface area contributed by atoms with Crippen LogP contribution in [0, 0.1) is 17.7 Å². The van der Waals surface area contributed by atoms with Crippen molar-refractivity contribution < 1.29 is 28.9 Å². The maximum absolute atomic E-state index is 13.6. The van der Waals surface area contributed by atoms with E-state index >= 15 is 0 Å². The minimum Gasteiger partial charge on any atom is -0.369 e. The molecule has 0 bridgehead atoms. The van der Waals surface area contributed by atoms with Gasteiger partial charge >= 0.3 is 0 Å². The average Bonchev–Trinajstić information content (AvgIpc) is 3.31. The number of amides is 4. The summed E-state index contributed by atoms with van der Waals surface area (Å²) >= 11 is 6.28. The van der Waals surface area contributed by atoms with Crippen molar-refractivity contribution in [3.05, 3.63) is 64.4 Å². The fraction of sp³-hybridized carbons (Fsp3) is 0.273. The molecule has 0 aliphatic carbocycles. The number of carbonyl (C=O) groups excluding carboxylic acids is 4. The monoisotopic (exact) mass is 457 g/mol. The summed E-state index contributed by atoms with van der Waals surface area (Å²) in [5.41, 5.74) is 5.45. The molecule has 1 spiro atoms. The molecular weight excluding hydrogens is 439 g/mol. The van der Waals surface area contributed by atoms with Gasteiger partial charge in [0.1, 0.15) is 23.7 Å². The van der Waals surface area contributed by atoms with Crippen LogP contribution in [0.4, 0.5) is 10.1 Å². The minimum absolute atomic E-state index is 0.0612. The van der Waals surface area contributed by atoms with E-state index in [1.165, 1.54) is 24.3 Å². The van der Waals surface area contributed by atoms with Gasteiger partial charge in [0.2, 0.25) is 23.3 Å². The Labute approximate surface area is 186 Å². The lowest BCUT2D eigenvalue weighted by Gasteiger charge is -2.26. The fourth-order valence-corrected chi connectivity index (χ4v) is 5.58. The van der Waals surface area contributed by atoms with Crippen molar-refractivity contribution in [3.8, 4) is 0 Å². The third-order valence-corrected chi connectivity index (χ3v) is 6.95. The largest absolute Gasteiger partial charge is 0.369 e. The van der Waals surface area contributed by atoms with Crippen molar-refractivity contribution in [2.24, 2.45) is 17.6 Å². The van der Waals surface area contributed by atoms with Gasteiger partial charge in [-0.1, -0.05) is 29.8 Å². The van der Waals surface area contributed by atoms with Crippen molar-refractivity contribution >= 4 is 40.9 Å². The minimum atomic E-state index is -1.44. The standard InChI is InChI=1S/C22H18ClFN4O4/c23-13-3-1-2-12-18(13)26-21(32)22(12)17-16(14(27-22)8-15(25)29)19(30)28(20(17)31)9-10-4-6-11(24)7-5-10/h1-7,14,16-17,27H,8-9H2,(H2,25,29)(H,26,32)/p+1/t14-,16-,17+,22+/m1/s1. The van der Waals surface area contributed by atoms with Crippen LogP contribution in [0.2, 0.25) is 5.02 Å². The summed E-state index contributed by atoms with van der Waals surface area (Å²) < 4.78 is 13.3. The number of imide groups is 1. The van der Waals surface area contributed by atoms with Gasteiger partial charge in [-0.25, -0.2) is 4.39 Å². The van der Waals surface area contributed by atoms with Crippen LogP contribution in [0.3, 0.4) is 0 Å². The summed E-state index contributed by atoms with van der Waals surface area (Å²) in [6, 6.07) is 9.76. The third kappa shape index (κ3) is 2.78. The summed E-state index contributed by atoms with van der Waals surface area (Å²) in [6.45, 7) is -0.0612. The van der Waals surface area contributed by atoms with E-state index in [2.05, 4.69) is 5.32 Å². The van der Waals surface area contributed by atoms with Crippen LogP contribution in [-0.4, -0.2) is 34.6 Å². The van der Waals surface area contributed by atoms with Crippen molar-refractivity contribution in [1.29, 1.82) is 0 Å². The predicted octanol–water partition coefficient (Wildman–Crippen LogP) is 0.249. The Morgan fingerprint density at radius 3 is 2.56 bits per heavy atom. The van der Waals surface area contributed by atoms with E-state index in [4.69, 9.17) is 17.3 Å². The number of nitrogens with zero attached hydrogens (tertiary/aromatic N) is 1. The molecule has 2 fully saturated rings. The highest BCUT2D eigenvalue weighted by atomic mass is 35.5. The number of quaternary nitrogens is 1. The molecule has 3 heterocycles. The van der Waals surface area contributed by atoms with Crippen LogP contribution in [0.25, 0.3) is 0 Å². The number of nitrogens with one attached hydrogen (secondary N) is 1. The van der Waals surface area contributed by atoms with E-state index in [0.29, 0.717) is 21.8 Å². The predicted molar refractivity (Wildman–Crippen MR) is 110 cm³/mol. The normalized spacial score (nSPS) is 28.2. The van der Waals surface area contributed by atoms with E-state index in [0.717, 1.165) is 4.90 Å². The Kier molecular flexibility index (Phi) is 4.58. The Morgan fingerprint density at radius 2 is 1.88 bits per heavy atom. The second-order valence-electron chi connectivity index (χ2n) is 8.38. The molecule has 5 N–H and O–H groups in total. The summed E-state index contributed by atoms with van der Waals surface area (Å²) in [7, 11) is 0.